The average molecular weight is 786 g/mol. The van der Waals surface area contributed by atoms with Crippen molar-refractivity contribution in [3.63, 3.8) is 0 Å². The van der Waals surface area contributed by atoms with Crippen LogP contribution in [0.1, 0.15) is 194 Å². The van der Waals surface area contributed by atoms with Gasteiger partial charge in [-0.3, -0.25) is 14.2 Å². The minimum atomic E-state index is -4.62. The molecule has 0 spiro atoms. The number of quaternary nitrogens is 1. The number of phosphoric ester groups is 1. The number of hydrogen-bond donors (Lipinski definition) is 0. The standard InChI is InChI=1S/C44H84NO8P/c1-6-8-10-12-14-16-18-20-22-24-26-28-30-32-34-36-43(46)50-40-42(41-52-54(48,49)51-39-38-45(3,4)5)53-44(47)37-35-33-31-29-27-25-23-21-19-17-15-13-11-9-7-2/h17,19,24,26,42H,6-16,18,20-23,25,27-41H2,1-5H3/b19-17+,26-24+/t42-/m1/s1. The molecule has 0 heterocycles. The Bertz CT molecular complexity index is 980. The maximum absolute atomic E-state index is 12.7. The molecule has 0 saturated heterocycles. The van der Waals surface area contributed by atoms with Gasteiger partial charge in [0.05, 0.1) is 27.7 Å². The quantitative estimate of drug-likeness (QED) is 0.0198. The van der Waals surface area contributed by atoms with Crippen LogP contribution in [0.15, 0.2) is 24.3 Å². The Kier molecular flexibility index (Phi) is 36.1. The van der Waals surface area contributed by atoms with E-state index in [9.17, 15) is 19.0 Å². The second-order valence-electron chi connectivity index (χ2n) is 16.1. The van der Waals surface area contributed by atoms with Crippen LogP contribution in [0.2, 0.25) is 0 Å². The van der Waals surface area contributed by atoms with Gasteiger partial charge in [0, 0.05) is 12.8 Å². The lowest BCUT2D eigenvalue weighted by molar-refractivity contribution is -0.870. The molecule has 0 amide bonds. The van der Waals surface area contributed by atoms with Crippen molar-refractivity contribution in [1.29, 1.82) is 0 Å². The third-order valence-corrected chi connectivity index (χ3v) is 10.4. The van der Waals surface area contributed by atoms with Crippen molar-refractivity contribution >= 4 is 19.8 Å². The van der Waals surface area contributed by atoms with Crippen LogP contribution in [0.25, 0.3) is 0 Å². The van der Waals surface area contributed by atoms with E-state index in [1.165, 1.54) is 103 Å². The van der Waals surface area contributed by atoms with Crippen molar-refractivity contribution in [2.75, 3.05) is 47.5 Å². The van der Waals surface area contributed by atoms with Crippen LogP contribution < -0.4 is 4.89 Å². The van der Waals surface area contributed by atoms with Gasteiger partial charge in [-0.2, -0.15) is 0 Å². The van der Waals surface area contributed by atoms with E-state index in [0.29, 0.717) is 23.9 Å². The van der Waals surface area contributed by atoms with Crippen LogP contribution in [-0.4, -0.2) is 70.0 Å². The number of allylic oxidation sites excluding steroid dienone is 4. The van der Waals surface area contributed by atoms with E-state index in [-0.39, 0.29) is 26.1 Å². The number of unbranched alkanes of at least 4 members (excludes halogenated alkanes) is 22. The van der Waals surface area contributed by atoms with Gasteiger partial charge in [-0.25, -0.2) is 0 Å². The largest absolute Gasteiger partial charge is 0.756 e. The van der Waals surface area contributed by atoms with E-state index < -0.39 is 32.5 Å². The van der Waals surface area contributed by atoms with Gasteiger partial charge in [-0.05, 0) is 64.2 Å². The highest BCUT2D eigenvalue weighted by Gasteiger charge is 2.21. The summed E-state index contributed by atoms with van der Waals surface area (Å²) in [7, 11) is 1.16. The Hall–Kier alpha value is -1.51. The van der Waals surface area contributed by atoms with E-state index in [1.54, 1.807) is 0 Å². The van der Waals surface area contributed by atoms with Crippen molar-refractivity contribution < 1.29 is 42.1 Å². The maximum Gasteiger partial charge on any atom is 0.306 e. The molecule has 0 bridgehead atoms. The summed E-state index contributed by atoms with van der Waals surface area (Å²) in [6.07, 6.45) is 39.1. The monoisotopic (exact) mass is 786 g/mol. The summed E-state index contributed by atoms with van der Waals surface area (Å²) in [6.45, 7) is 4.20. The van der Waals surface area contributed by atoms with Crippen molar-refractivity contribution in [2.24, 2.45) is 0 Å². The van der Waals surface area contributed by atoms with Crippen molar-refractivity contribution in [3.8, 4) is 0 Å². The zero-order valence-corrected chi connectivity index (χ0v) is 36.6. The van der Waals surface area contributed by atoms with E-state index >= 15 is 0 Å². The molecule has 0 aromatic carbocycles. The van der Waals surface area contributed by atoms with Crippen LogP contribution in [0.3, 0.4) is 0 Å². The Labute approximate surface area is 332 Å². The molecular weight excluding hydrogens is 701 g/mol. The highest BCUT2D eigenvalue weighted by molar-refractivity contribution is 7.45. The SMILES string of the molecule is CCCCCC/C=C/CCCCCCCCCC(=O)O[C@H](COC(=O)CCCCC/C=C/CCCCCCCCCC)COP(=O)([O-])OCC[N+](C)(C)C. The fourth-order valence-electron chi connectivity index (χ4n) is 5.94. The molecule has 1 unspecified atom stereocenters. The molecule has 0 fully saturated rings. The number of ether oxygens (including phenoxy) is 2. The molecule has 318 valence electrons. The first-order valence-electron chi connectivity index (χ1n) is 22.0. The van der Waals surface area contributed by atoms with Gasteiger partial charge in [0.1, 0.15) is 19.8 Å². The predicted molar refractivity (Wildman–Crippen MR) is 222 cm³/mol. The fourth-order valence-corrected chi connectivity index (χ4v) is 6.67. The lowest BCUT2D eigenvalue weighted by Crippen LogP contribution is -2.37. The lowest BCUT2D eigenvalue weighted by atomic mass is 10.1. The third-order valence-electron chi connectivity index (χ3n) is 9.44. The Balaban J connectivity index is 4.38. The first-order valence-corrected chi connectivity index (χ1v) is 23.5. The molecule has 0 aliphatic rings. The molecule has 10 heteroatoms. The molecule has 0 rings (SSSR count). The van der Waals surface area contributed by atoms with Gasteiger partial charge in [0.15, 0.2) is 6.10 Å². The van der Waals surface area contributed by atoms with Crippen molar-refractivity contribution in [3.05, 3.63) is 24.3 Å². The summed E-state index contributed by atoms with van der Waals surface area (Å²) in [6, 6.07) is 0. The van der Waals surface area contributed by atoms with Gasteiger partial charge in [-0.15, -0.1) is 0 Å². The van der Waals surface area contributed by atoms with Crippen LogP contribution >= 0.6 is 7.82 Å². The van der Waals surface area contributed by atoms with E-state index in [2.05, 4.69) is 38.2 Å². The number of hydrogen-bond acceptors (Lipinski definition) is 8. The van der Waals surface area contributed by atoms with Gasteiger partial charge in [-0.1, -0.05) is 141 Å². The smallest absolute Gasteiger partial charge is 0.306 e. The minimum Gasteiger partial charge on any atom is -0.756 e. The normalized spacial score (nSPS) is 13.8. The highest BCUT2D eigenvalue weighted by atomic mass is 31.2. The summed E-state index contributed by atoms with van der Waals surface area (Å²) >= 11 is 0. The van der Waals surface area contributed by atoms with Crippen LogP contribution in [0.4, 0.5) is 0 Å². The molecule has 0 aromatic heterocycles. The molecule has 54 heavy (non-hydrogen) atoms. The van der Waals surface area contributed by atoms with E-state index in [0.717, 1.165) is 51.4 Å². The second kappa shape index (κ2) is 37.1. The number of phosphoric acid groups is 1. The summed E-state index contributed by atoms with van der Waals surface area (Å²) in [5, 5.41) is 0. The number of rotatable bonds is 40. The summed E-state index contributed by atoms with van der Waals surface area (Å²) < 4.78 is 33.9. The minimum absolute atomic E-state index is 0.0327. The zero-order chi connectivity index (χ0) is 40.0. The zero-order valence-electron chi connectivity index (χ0n) is 35.7. The van der Waals surface area contributed by atoms with Crippen molar-refractivity contribution in [2.45, 2.75) is 200 Å². The molecule has 2 atom stereocenters. The van der Waals surface area contributed by atoms with E-state index in [4.69, 9.17) is 18.5 Å². The van der Waals surface area contributed by atoms with Crippen molar-refractivity contribution in [1.82, 2.24) is 0 Å². The summed E-state index contributed by atoms with van der Waals surface area (Å²) in [5.41, 5.74) is 0. The second-order valence-corrected chi connectivity index (χ2v) is 17.5. The Morgan fingerprint density at radius 2 is 0.944 bits per heavy atom. The first-order chi connectivity index (χ1) is 26.0. The molecule has 0 saturated carbocycles. The number of carbonyl (C=O) groups is 2. The number of nitrogens with zero attached hydrogens (tertiary/aromatic N) is 1. The number of likely N-dealkylation sites (N-methyl/N-ethyl adjacent to an activating group) is 1. The molecule has 0 radical (unpaired) electrons. The highest BCUT2D eigenvalue weighted by Crippen LogP contribution is 2.38. The lowest BCUT2D eigenvalue weighted by Gasteiger charge is -2.28. The fraction of sp³-hybridized carbons (Fsp3) is 0.864. The molecule has 0 aliphatic carbocycles. The molecule has 0 aliphatic heterocycles. The summed E-state index contributed by atoms with van der Waals surface area (Å²) in [4.78, 5) is 37.5. The average Bonchev–Trinajstić information content (AvgIpc) is 3.12. The number of carbonyl (C=O) groups excluding carboxylic acids is 2. The van der Waals surface area contributed by atoms with Gasteiger partial charge in [0.2, 0.25) is 0 Å². The molecule has 0 N–H and O–H groups in total. The molecule has 9 nitrogen and oxygen atoms in total. The van der Waals surface area contributed by atoms with Crippen LogP contribution in [0, 0.1) is 0 Å². The third kappa shape index (κ3) is 40.2. The first kappa shape index (κ1) is 52.5. The van der Waals surface area contributed by atoms with Gasteiger partial charge in [0.25, 0.3) is 7.82 Å². The van der Waals surface area contributed by atoms with Crippen LogP contribution in [0.5, 0.6) is 0 Å². The topological polar surface area (TPSA) is 111 Å². The number of esters is 2. The van der Waals surface area contributed by atoms with Crippen LogP contribution in [-0.2, 0) is 32.7 Å². The predicted octanol–water partition coefficient (Wildman–Crippen LogP) is 11.7. The summed E-state index contributed by atoms with van der Waals surface area (Å²) in [5.74, 6) is -0.854. The van der Waals surface area contributed by atoms with Gasteiger partial charge < -0.3 is 27.9 Å². The maximum atomic E-state index is 12.7. The van der Waals surface area contributed by atoms with E-state index in [1.807, 2.05) is 21.1 Å². The Morgan fingerprint density at radius 3 is 1.41 bits per heavy atom. The Morgan fingerprint density at radius 1 is 0.556 bits per heavy atom. The van der Waals surface area contributed by atoms with Gasteiger partial charge >= 0.3 is 11.9 Å². The molecule has 0 aromatic rings. The molecular formula is C44H84NO8P.